The van der Waals surface area contributed by atoms with E-state index in [2.05, 4.69) is 12.7 Å². The van der Waals surface area contributed by atoms with Crippen molar-refractivity contribution in [1.29, 1.82) is 0 Å². The van der Waals surface area contributed by atoms with Gasteiger partial charge in [0.25, 0.3) is 0 Å². The fourth-order valence-electron chi connectivity index (χ4n) is 4.62. The van der Waals surface area contributed by atoms with Crippen LogP contribution in [0.4, 0.5) is 0 Å². The van der Waals surface area contributed by atoms with Gasteiger partial charge in [0, 0.05) is 0 Å². The second kappa shape index (κ2) is 2.87. The molecule has 0 aromatic rings. The van der Waals surface area contributed by atoms with Crippen LogP contribution in [0.25, 0.3) is 0 Å². The van der Waals surface area contributed by atoms with Crippen molar-refractivity contribution in [1.82, 2.24) is 0 Å². The maximum absolute atomic E-state index is 3.91. The summed E-state index contributed by atoms with van der Waals surface area (Å²) in [4.78, 5) is 0. The molecule has 4 saturated carbocycles. The maximum atomic E-state index is 3.91. The number of hydrogen-bond donors (Lipinski definition) is 0. The Kier molecular flexibility index (Phi) is 1.78. The van der Waals surface area contributed by atoms with E-state index in [9.17, 15) is 0 Å². The smallest absolute Gasteiger partial charge is 0.0320 e. The number of allylic oxidation sites excluding steroid dienone is 1. The van der Waals surface area contributed by atoms with Crippen molar-refractivity contribution in [3.8, 4) is 0 Å². The van der Waals surface area contributed by atoms with Crippen LogP contribution < -0.4 is 0 Å². The molecule has 0 amide bonds. The van der Waals surface area contributed by atoms with Crippen LogP contribution in [-0.2, 0) is 0 Å². The van der Waals surface area contributed by atoms with E-state index in [-0.39, 0.29) is 0 Å². The van der Waals surface area contributed by atoms with Gasteiger partial charge in [-0.1, -0.05) is 6.08 Å². The van der Waals surface area contributed by atoms with Gasteiger partial charge in [0.2, 0.25) is 0 Å². The largest absolute Gasteiger partial charge is 0.103 e. The van der Waals surface area contributed by atoms with Crippen LogP contribution in [-0.4, -0.2) is 0 Å². The number of rotatable bonds is 2. The molecule has 0 atom stereocenters. The van der Waals surface area contributed by atoms with E-state index in [1.54, 1.807) is 32.1 Å². The molecule has 13 heavy (non-hydrogen) atoms. The zero-order valence-corrected chi connectivity index (χ0v) is 8.41. The van der Waals surface area contributed by atoms with Gasteiger partial charge in [0.1, 0.15) is 0 Å². The minimum absolute atomic E-state index is 1.03. The summed E-state index contributed by atoms with van der Waals surface area (Å²) in [5, 5.41) is 0. The van der Waals surface area contributed by atoms with Crippen molar-refractivity contribution < 1.29 is 0 Å². The summed E-state index contributed by atoms with van der Waals surface area (Å²) in [6, 6.07) is 0. The molecule has 0 heteroatoms. The van der Waals surface area contributed by atoms with Gasteiger partial charge >= 0.3 is 0 Å². The predicted octanol–water partition coefficient (Wildman–Crippen LogP) is 3.63. The molecule has 4 rings (SSSR count). The van der Waals surface area contributed by atoms with Gasteiger partial charge in [0.05, 0.1) is 0 Å². The first-order chi connectivity index (χ1) is 6.36. The molecule has 4 aliphatic rings. The molecule has 4 aliphatic carbocycles. The second-order valence-electron chi connectivity index (χ2n) is 5.62. The zero-order chi connectivity index (χ0) is 8.84. The molecule has 0 saturated heterocycles. The minimum Gasteiger partial charge on any atom is -0.103 e. The summed E-state index contributed by atoms with van der Waals surface area (Å²) in [5.74, 6) is 5.47. The van der Waals surface area contributed by atoms with Gasteiger partial charge in [-0.2, -0.15) is 0 Å². The highest BCUT2D eigenvalue weighted by molar-refractivity contribution is 4.99. The van der Waals surface area contributed by atoms with E-state index in [0.717, 1.165) is 29.6 Å². The lowest BCUT2D eigenvalue weighted by atomic mass is 9.51. The molecule has 0 N–H and O–H groups in total. The fraction of sp³-hybridized carbons (Fsp3) is 0.846. The summed E-state index contributed by atoms with van der Waals surface area (Å²) in [7, 11) is 0. The first-order valence-corrected chi connectivity index (χ1v) is 5.97. The Morgan fingerprint density at radius 2 is 1.46 bits per heavy atom. The average Bonchev–Trinajstić information content (AvgIpc) is 2.10. The van der Waals surface area contributed by atoms with Crippen molar-refractivity contribution in [3.05, 3.63) is 12.7 Å². The summed E-state index contributed by atoms with van der Waals surface area (Å²) in [6.45, 7) is 3.91. The standard InChI is InChI=1S/C13H20/c1-2-3-13-11-5-9-4-10(7-11)8-12(13)6-9/h2,9-13H,1,3-8H2. The SMILES string of the molecule is C=CCC1C2CC3CC(C2)CC1C3. The van der Waals surface area contributed by atoms with Crippen molar-refractivity contribution in [2.24, 2.45) is 29.6 Å². The average molecular weight is 176 g/mol. The van der Waals surface area contributed by atoms with Crippen LogP contribution in [0.15, 0.2) is 12.7 Å². The monoisotopic (exact) mass is 176 g/mol. The molecule has 0 aromatic heterocycles. The van der Waals surface area contributed by atoms with Crippen LogP contribution in [0, 0.1) is 29.6 Å². The minimum atomic E-state index is 1.03. The molecule has 0 aliphatic heterocycles. The van der Waals surface area contributed by atoms with Crippen LogP contribution in [0.5, 0.6) is 0 Å². The van der Waals surface area contributed by atoms with Gasteiger partial charge in [0.15, 0.2) is 0 Å². The Balaban J connectivity index is 1.81. The zero-order valence-electron chi connectivity index (χ0n) is 8.41. The van der Waals surface area contributed by atoms with Crippen molar-refractivity contribution in [2.45, 2.75) is 38.5 Å². The third-order valence-corrected chi connectivity index (χ3v) is 4.86. The van der Waals surface area contributed by atoms with E-state index in [1.165, 1.54) is 6.42 Å². The summed E-state index contributed by atoms with van der Waals surface area (Å²) in [6.07, 6.45) is 11.3. The van der Waals surface area contributed by atoms with E-state index in [4.69, 9.17) is 0 Å². The van der Waals surface area contributed by atoms with Crippen LogP contribution in [0.3, 0.4) is 0 Å². The van der Waals surface area contributed by atoms with E-state index in [0.29, 0.717) is 0 Å². The van der Waals surface area contributed by atoms with E-state index < -0.39 is 0 Å². The first kappa shape index (κ1) is 8.08. The molecular formula is C13H20. The third kappa shape index (κ3) is 1.18. The molecule has 0 spiro atoms. The lowest BCUT2D eigenvalue weighted by Crippen LogP contribution is -2.44. The quantitative estimate of drug-likeness (QED) is 0.563. The van der Waals surface area contributed by atoms with E-state index >= 15 is 0 Å². The van der Waals surface area contributed by atoms with Crippen molar-refractivity contribution >= 4 is 0 Å². The molecule has 72 valence electrons. The van der Waals surface area contributed by atoms with E-state index in [1.807, 2.05) is 0 Å². The maximum Gasteiger partial charge on any atom is -0.0320 e. The molecule has 0 unspecified atom stereocenters. The lowest BCUT2D eigenvalue weighted by Gasteiger charge is -2.54. The Morgan fingerprint density at radius 3 is 1.92 bits per heavy atom. The topological polar surface area (TPSA) is 0 Å². The lowest BCUT2D eigenvalue weighted by molar-refractivity contribution is -0.0348. The molecule has 0 aromatic carbocycles. The molecule has 0 nitrogen and oxygen atoms in total. The normalized spacial score (nSPS) is 52.5. The van der Waals surface area contributed by atoms with Crippen LogP contribution in [0.2, 0.25) is 0 Å². The van der Waals surface area contributed by atoms with Crippen LogP contribution in [0.1, 0.15) is 38.5 Å². The Morgan fingerprint density at radius 1 is 0.923 bits per heavy atom. The molecule has 4 bridgehead atoms. The Hall–Kier alpha value is -0.260. The molecule has 0 radical (unpaired) electrons. The Labute approximate surface area is 81.4 Å². The predicted molar refractivity (Wildman–Crippen MR) is 55.3 cm³/mol. The molecule has 4 fully saturated rings. The van der Waals surface area contributed by atoms with Gasteiger partial charge in [-0.3, -0.25) is 0 Å². The highest BCUT2D eigenvalue weighted by atomic mass is 14.5. The molecular weight excluding hydrogens is 156 g/mol. The van der Waals surface area contributed by atoms with Gasteiger partial charge < -0.3 is 0 Å². The molecule has 0 heterocycles. The highest BCUT2D eigenvalue weighted by Gasteiger charge is 2.47. The summed E-state index contributed by atoms with van der Waals surface area (Å²) >= 11 is 0. The second-order valence-corrected chi connectivity index (χ2v) is 5.62. The third-order valence-electron chi connectivity index (χ3n) is 4.86. The Bertz CT molecular complexity index is 188. The van der Waals surface area contributed by atoms with Crippen LogP contribution >= 0.6 is 0 Å². The van der Waals surface area contributed by atoms with Crippen molar-refractivity contribution in [2.75, 3.05) is 0 Å². The van der Waals surface area contributed by atoms with Gasteiger partial charge in [-0.15, -0.1) is 6.58 Å². The summed E-state index contributed by atoms with van der Waals surface area (Å²) in [5.41, 5.74) is 0. The summed E-state index contributed by atoms with van der Waals surface area (Å²) < 4.78 is 0. The highest BCUT2D eigenvalue weighted by Crippen LogP contribution is 2.57. The van der Waals surface area contributed by atoms with Crippen molar-refractivity contribution in [3.63, 3.8) is 0 Å². The first-order valence-electron chi connectivity index (χ1n) is 5.97. The van der Waals surface area contributed by atoms with Gasteiger partial charge in [-0.05, 0) is 68.1 Å². The fourth-order valence-corrected chi connectivity index (χ4v) is 4.62. The number of hydrogen-bond acceptors (Lipinski definition) is 0. The van der Waals surface area contributed by atoms with Gasteiger partial charge in [-0.25, -0.2) is 0 Å².